The highest BCUT2D eigenvalue weighted by molar-refractivity contribution is 5.62. The molecule has 2 N–H and O–H groups in total. The van der Waals surface area contributed by atoms with Crippen LogP contribution in [-0.4, -0.2) is 44.8 Å². The third kappa shape index (κ3) is 3.59. The second kappa shape index (κ2) is 8.33. The molecule has 0 aliphatic carbocycles. The van der Waals surface area contributed by atoms with E-state index in [9.17, 15) is 5.11 Å². The van der Waals surface area contributed by atoms with E-state index in [4.69, 9.17) is 24.1 Å². The minimum atomic E-state index is -0.379. The van der Waals surface area contributed by atoms with E-state index in [1.165, 1.54) is 0 Å². The molecule has 0 saturated carbocycles. The molecule has 0 spiro atoms. The monoisotopic (exact) mass is 372 g/mol. The van der Waals surface area contributed by atoms with Gasteiger partial charge in [-0.15, -0.1) is 0 Å². The summed E-state index contributed by atoms with van der Waals surface area (Å²) in [7, 11) is 4.75. The topological polar surface area (TPSA) is 77.4 Å². The molecule has 0 saturated heterocycles. The lowest BCUT2D eigenvalue weighted by molar-refractivity contribution is 0.156. The van der Waals surface area contributed by atoms with Crippen LogP contribution in [0.5, 0.6) is 23.0 Å². The van der Waals surface area contributed by atoms with Gasteiger partial charge in [-0.2, -0.15) is 0 Å². The van der Waals surface area contributed by atoms with Gasteiger partial charge < -0.3 is 29.2 Å². The molecule has 0 amide bonds. The highest BCUT2D eigenvalue weighted by Gasteiger charge is 2.37. The normalized spacial score (nSPS) is 18.3. The third-order valence-corrected chi connectivity index (χ3v) is 4.68. The van der Waals surface area contributed by atoms with Crippen molar-refractivity contribution in [3.8, 4) is 23.0 Å². The van der Waals surface area contributed by atoms with Crippen LogP contribution in [0.4, 0.5) is 0 Å². The Morgan fingerprint density at radius 2 is 1.70 bits per heavy atom. The molecule has 3 rings (SSSR count). The van der Waals surface area contributed by atoms with Crippen molar-refractivity contribution in [2.45, 2.75) is 12.0 Å². The molecule has 6 nitrogen and oxygen atoms in total. The van der Waals surface area contributed by atoms with Crippen LogP contribution in [0, 0.1) is 0 Å². The predicted octanol–water partition coefficient (Wildman–Crippen LogP) is 2.93. The SMILES string of the molecule is COc1ccc([C@@H]2Oc3c(OC)cc(C=CCO)cc3[C@H]2CO)cc1OC. The van der Waals surface area contributed by atoms with Crippen LogP contribution in [0.2, 0.25) is 0 Å². The Morgan fingerprint density at radius 3 is 2.33 bits per heavy atom. The molecule has 27 heavy (non-hydrogen) atoms. The number of fused-ring (bicyclic) bond motifs is 1. The maximum absolute atomic E-state index is 10.1. The Labute approximate surface area is 158 Å². The van der Waals surface area contributed by atoms with Gasteiger partial charge >= 0.3 is 0 Å². The lowest BCUT2D eigenvalue weighted by atomic mass is 9.90. The van der Waals surface area contributed by atoms with Crippen molar-refractivity contribution in [1.82, 2.24) is 0 Å². The summed E-state index contributed by atoms with van der Waals surface area (Å²) in [5.41, 5.74) is 2.61. The highest BCUT2D eigenvalue weighted by Crippen LogP contribution is 2.51. The fourth-order valence-electron chi connectivity index (χ4n) is 3.38. The number of rotatable bonds is 7. The summed E-state index contributed by atoms with van der Waals surface area (Å²) in [6.07, 6.45) is 3.08. The zero-order chi connectivity index (χ0) is 19.4. The molecule has 0 aromatic heterocycles. The zero-order valence-electron chi connectivity index (χ0n) is 15.6. The lowest BCUT2D eigenvalue weighted by Crippen LogP contribution is -2.13. The van der Waals surface area contributed by atoms with E-state index in [0.717, 1.165) is 16.7 Å². The van der Waals surface area contributed by atoms with E-state index in [1.807, 2.05) is 30.3 Å². The van der Waals surface area contributed by atoms with Crippen LogP contribution in [0.1, 0.15) is 28.7 Å². The Hall–Kier alpha value is -2.70. The first kappa shape index (κ1) is 19.1. The molecule has 0 fully saturated rings. The van der Waals surface area contributed by atoms with Crippen molar-refractivity contribution in [3.05, 3.63) is 53.1 Å². The van der Waals surface area contributed by atoms with Gasteiger partial charge in [0.1, 0.15) is 6.10 Å². The summed E-state index contributed by atoms with van der Waals surface area (Å²) in [4.78, 5) is 0. The summed E-state index contributed by atoms with van der Waals surface area (Å²) < 4.78 is 22.4. The minimum absolute atomic E-state index is 0.0480. The van der Waals surface area contributed by atoms with Gasteiger partial charge in [-0.1, -0.05) is 18.2 Å². The number of hydrogen-bond donors (Lipinski definition) is 2. The number of aliphatic hydroxyl groups is 2. The smallest absolute Gasteiger partial charge is 0.165 e. The largest absolute Gasteiger partial charge is 0.493 e. The second-order valence-electron chi connectivity index (χ2n) is 6.17. The second-order valence-corrected chi connectivity index (χ2v) is 6.17. The van der Waals surface area contributed by atoms with E-state index in [0.29, 0.717) is 23.0 Å². The Kier molecular flexibility index (Phi) is 5.88. The average Bonchev–Trinajstić information content (AvgIpc) is 3.09. The van der Waals surface area contributed by atoms with Crippen molar-refractivity contribution < 1.29 is 29.2 Å². The van der Waals surface area contributed by atoms with Gasteiger partial charge in [-0.25, -0.2) is 0 Å². The number of hydrogen-bond acceptors (Lipinski definition) is 6. The molecule has 6 heteroatoms. The van der Waals surface area contributed by atoms with Crippen molar-refractivity contribution in [2.24, 2.45) is 0 Å². The summed E-state index contributed by atoms with van der Waals surface area (Å²) in [6, 6.07) is 9.38. The van der Waals surface area contributed by atoms with Gasteiger partial charge in [-0.05, 0) is 35.4 Å². The molecular weight excluding hydrogens is 348 g/mol. The molecule has 1 aliphatic rings. The first-order chi connectivity index (χ1) is 13.2. The molecule has 0 unspecified atom stereocenters. The Balaban J connectivity index is 2.03. The average molecular weight is 372 g/mol. The van der Waals surface area contributed by atoms with Crippen molar-refractivity contribution in [3.63, 3.8) is 0 Å². The van der Waals surface area contributed by atoms with Crippen LogP contribution in [0.3, 0.4) is 0 Å². The summed E-state index contributed by atoms with van der Waals surface area (Å²) >= 11 is 0. The fraction of sp³-hybridized carbons (Fsp3) is 0.333. The summed E-state index contributed by atoms with van der Waals surface area (Å²) in [5.74, 6) is 2.19. The van der Waals surface area contributed by atoms with Crippen LogP contribution >= 0.6 is 0 Å². The van der Waals surface area contributed by atoms with Gasteiger partial charge in [0, 0.05) is 5.56 Å². The van der Waals surface area contributed by atoms with Gasteiger partial charge in [0.25, 0.3) is 0 Å². The van der Waals surface area contributed by atoms with E-state index < -0.39 is 0 Å². The predicted molar refractivity (Wildman–Crippen MR) is 102 cm³/mol. The molecule has 2 aromatic rings. The molecule has 2 aromatic carbocycles. The van der Waals surface area contributed by atoms with E-state index in [-0.39, 0.29) is 25.2 Å². The fourth-order valence-corrected chi connectivity index (χ4v) is 3.38. The molecule has 1 aliphatic heterocycles. The molecular formula is C21H24O6. The van der Waals surface area contributed by atoms with E-state index >= 15 is 0 Å². The van der Waals surface area contributed by atoms with Crippen molar-refractivity contribution >= 4 is 6.08 Å². The van der Waals surface area contributed by atoms with Crippen LogP contribution in [0.25, 0.3) is 6.08 Å². The van der Waals surface area contributed by atoms with Gasteiger partial charge in [-0.3, -0.25) is 0 Å². The Morgan fingerprint density at radius 1 is 0.963 bits per heavy atom. The lowest BCUT2D eigenvalue weighted by Gasteiger charge is -2.19. The molecule has 0 radical (unpaired) electrons. The Bertz CT molecular complexity index is 830. The number of aliphatic hydroxyl groups excluding tert-OH is 2. The van der Waals surface area contributed by atoms with Gasteiger partial charge in [0.15, 0.2) is 23.0 Å². The number of methoxy groups -OCH3 is 3. The molecule has 1 heterocycles. The van der Waals surface area contributed by atoms with Gasteiger partial charge in [0.2, 0.25) is 0 Å². The molecule has 2 atom stereocenters. The maximum atomic E-state index is 10.1. The summed E-state index contributed by atoms with van der Waals surface area (Å²) in [6.45, 7) is -0.129. The van der Waals surface area contributed by atoms with Crippen LogP contribution in [-0.2, 0) is 0 Å². The first-order valence-electron chi connectivity index (χ1n) is 8.65. The zero-order valence-corrected chi connectivity index (χ0v) is 15.6. The van der Waals surface area contributed by atoms with Gasteiger partial charge in [0.05, 0.1) is 40.5 Å². The third-order valence-electron chi connectivity index (χ3n) is 4.68. The standard InChI is InChI=1S/C21H24O6/c1-24-17-7-6-14(11-18(17)25-2)20-16(12-23)15-9-13(5-4-8-22)10-19(26-3)21(15)27-20/h4-7,9-11,16,20,22-23H,8,12H2,1-3H3/t16-,20+/m1/s1. The summed E-state index contributed by atoms with van der Waals surface area (Å²) in [5, 5.41) is 19.1. The maximum Gasteiger partial charge on any atom is 0.165 e. The van der Waals surface area contributed by atoms with E-state index in [2.05, 4.69) is 0 Å². The first-order valence-corrected chi connectivity index (χ1v) is 8.65. The molecule has 144 valence electrons. The minimum Gasteiger partial charge on any atom is -0.493 e. The van der Waals surface area contributed by atoms with Crippen molar-refractivity contribution in [1.29, 1.82) is 0 Å². The van der Waals surface area contributed by atoms with E-state index in [1.54, 1.807) is 33.5 Å². The van der Waals surface area contributed by atoms with Crippen LogP contribution < -0.4 is 18.9 Å². The molecule has 0 bridgehead atoms. The van der Waals surface area contributed by atoms with Crippen molar-refractivity contribution in [2.75, 3.05) is 34.5 Å². The van der Waals surface area contributed by atoms with Crippen LogP contribution in [0.15, 0.2) is 36.4 Å². The number of ether oxygens (including phenoxy) is 4. The number of benzene rings is 2. The highest BCUT2D eigenvalue weighted by atomic mass is 16.5. The quantitative estimate of drug-likeness (QED) is 0.778.